The number of aliphatic hydroxyl groups excluding tert-OH is 5. The SMILES string of the molecule is C.C.C.C.CC1C(=O)OC(=O)C1C.CCC(C)(C)C(=O)OCCO.CCC(C)(C)C(=O)OCCO.CCC(C)C#N.CCC(C)C(=O)OC.CCC(C)C(=O)OCCCO.CCC(C)C(=O)OCCO.CCC(C)C(=O)OCCOc1ccccc1.CCC(C)O.CCC(C)OC(=O)c1ccccc1.CCC(C)OC(C)=O.CCC(C)c1ccccc1.CCCCCCOC(=O)C(C)CC.CCCOC. The number of unbranched alkanes of at least 4 members (excludes halogenated alkanes) is 3. The number of nitrogens with zero attached hydrogens (tertiary/aromatic N) is 1. The van der Waals surface area contributed by atoms with Crippen molar-refractivity contribution in [1.82, 2.24) is 0 Å². The van der Waals surface area contributed by atoms with E-state index in [0.717, 1.165) is 95.8 Å². The molecule has 0 radical (unpaired) electrons. The van der Waals surface area contributed by atoms with E-state index in [0.29, 0.717) is 44.3 Å². The van der Waals surface area contributed by atoms with Crippen LogP contribution in [0.15, 0.2) is 91.0 Å². The van der Waals surface area contributed by atoms with E-state index in [2.05, 4.69) is 78.3 Å². The minimum Gasteiger partial charge on any atom is -0.490 e. The molecule has 4 rings (SSSR count). The molecule has 0 bridgehead atoms. The predicted octanol–water partition coefficient (Wildman–Crippen LogP) is 23.9. The molecule has 140 heavy (non-hydrogen) atoms. The maximum absolute atomic E-state index is 11.4. The zero-order chi connectivity index (χ0) is 107. The number of benzene rings is 3. The average Bonchev–Trinajstić information content (AvgIpc) is 1.72. The summed E-state index contributed by atoms with van der Waals surface area (Å²) in [5.41, 5.74) is 1.22. The van der Waals surface area contributed by atoms with Crippen molar-refractivity contribution in [3.63, 3.8) is 0 Å². The van der Waals surface area contributed by atoms with Gasteiger partial charge in [-0.1, -0.05) is 268 Å². The van der Waals surface area contributed by atoms with Gasteiger partial charge in [0, 0.05) is 39.6 Å². The summed E-state index contributed by atoms with van der Waals surface area (Å²) >= 11 is 0. The minimum atomic E-state index is -0.421. The Hall–Kier alpha value is -8.92. The lowest BCUT2D eigenvalue weighted by molar-refractivity contribution is -0.155. The monoisotopic (exact) mass is 2000 g/mol. The van der Waals surface area contributed by atoms with Crippen LogP contribution in [0.2, 0.25) is 0 Å². The van der Waals surface area contributed by atoms with Gasteiger partial charge >= 0.3 is 65.7 Å². The number of nitriles is 1. The van der Waals surface area contributed by atoms with Gasteiger partial charge in [0.15, 0.2) is 0 Å². The Balaban J connectivity index is -0.000000102. The fraction of sp³-hybridized carbons (Fsp3) is 0.730. The van der Waals surface area contributed by atoms with Gasteiger partial charge in [0.1, 0.15) is 38.8 Å². The van der Waals surface area contributed by atoms with Gasteiger partial charge in [0.25, 0.3) is 0 Å². The molecule has 29 heteroatoms. The minimum absolute atomic E-state index is 0. The smallest absolute Gasteiger partial charge is 0.338 e. The number of para-hydroxylation sites is 1. The Kier molecular flexibility index (Phi) is 129. The van der Waals surface area contributed by atoms with Crippen LogP contribution in [0.25, 0.3) is 0 Å². The number of carbonyl (C=O) groups excluding carboxylic acids is 11. The molecule has 3 aromatic rings. The molecule has 0 spiro atoms. The number of aliphatic hydroxyl groups is 5. The van der Waals surface area contributed by atoms with E-state index in [4.69, 9.17) is 73.4 Å². The Morgan fingerprint density at radius 2 is 0.743 bits per heavy atom. The van der Waals surface area contributed by atoms with Gasteiger partial charge in [-0.05, 0) is 181 Å². The fourth-order valence-corrected chi connectivity index (χ4v) is 7.74. The summed E-state index contributed by atoms with van der Waals surface area (Å²) < 4.78 is 57.9. The molecule has 1 aliphatic heterocycles. The largest absolute Gasteiger partial charge is 0.490 e. The number of hydrogen-bond acceptors (Lipinski definition) is 29. The van der Waals surface area contributed by atoms with Crippen LogP contribution < -0.4 is 4.74 Å². The number of esters is 11. The quantitative estimate of drug-likeness (QED) is 0.0152. The molecule has 1 aliphatic rings. The molecule has 1 saturated heterocycles. The first-order valence-corrected chi connectivity index (χ1v) is 49.1. The summed E-state index contributed by atoms with van der Waals surface area (Å²) in [5, 5.41) is 49.9. The van der Waals surface area contributed by atoms with Crippen LogP contribution in [0.1, 0.15) is 382 Å². The third-order valence-electron chi connectivity index (χ3n) is 20.6. The molecule has 1 fully saturated rings. The summed E-state index contributed by atoms with van der Waals surface area (Å²) in [5.74, 6) is -1.16. The number of rotatable bonds is 43. The van der Waals surface area contributed by atoms with Crippen LogP contribution in [0.3, 0.4) is 0 Å². The van der Waals surface area contributed by atoms with Crippen molar-refractivity contribution < 1.29 is 135 Å². The fourth-order valence-electron chi connectivity index (χ4n) is 7.74. The van der Waals surface area contributed by atoms with E-state index in [9.17, 15) is 52.7 Å². The standard InChI is InChI=1S/C13H18O3.C11H14O2.C11H22O2.C10H14.3C8H16O3.C7H14O3.C6H8O3.2C6H12O2.C5H9N.2C4H10O.4CH4/c1-3-11(2)13(14)16-10-9-15-12-7-5-4-6-8-12;1-3-9(2)13-11(12)10-7-5-4-6-8-10;1-4-6-7-8-9-13-11(12)10(3)5-2;1-3-9(2)10-7-5-4-6-8-10;2*1-4-8(2,3)7(10)11-6-5-9;1-3-7(2)8(10)11-6-4-5-9;1-3-6(2)7(9)10-5-4-8;1-3-4(2)6(8)9-5(3)7;1-4-5(2)6(7)8-3;1-4-5(2)8-6(3)7;1-3-5(2)4-6;1-3-4-5-2;1-3-4(2)5;;;;/h4-8,11H,3,9-10H2,1-2H3;4-9H,3H2,1-2H3;10H,4-9H2,1-3H3;4-9H,3H2,1-2H3;2*9H,4-6H2,1-3H3;7,9H,3-6H2,1-2H3;6,8H,3-5H2,1-2H3;3-4H,1-2H3;2*5H,4H2,1-3H3;5H,3H2,1-2H3;3-4H2,1-2H3;4-5H,3H2,1-2H3;4*1H4. The number of hydrogen-bond donors (Lipinski definition) is 5. The highest BCUT2D eigenvalue weighted by atomic mass is 16.6. The molecule has 3 aromatic carbocycles. The number of methoxy groups -OCH3 is 2. The molecule has 12 atom stereocenters. The molecular formula is C111H207NO28. The Morgan fingerprint density at radius 1 is 0.400 bits per heavy atom. The van der Waals surface area contributed by atoms with Crippen molar-refractivity contribution in [3.8, 4) is 11.8 Å². The van der Waals surface area contributed by atoms with Crippen molar-refractivity contribution in [1.29, 1.82) is 5.26 Å². The first-order chi connectivity index (χ1) is 64.1. The van der Waals surface area contributed by atoms with Gasteiger partial charge in [-0.15, -0.1) is 0 Å². The third-order valence-corrected chi connectivity index (χ3v) is 20.6. The topological polar surface area (TPSA) is 423 Å². The van der Waals surface area contributed by atoms with Crippen LogP contribution in [0.4, 0.5) is 0 Å². The van der Waals surface area contributed by atoms with Crippen molar-refractivity contribution >= 4 is 65.7 Å². The van der Waals surface area contributed by atoms with E-state index in [1.165, 1.54) is 45.3 Å². The lowest BCUT2D eigenvalue weighted by Gasteiger charge is -2.19. The molecule has 0 aromatic heterocycles. The molecule has 0 saturated carbocycles. The summed E-state index contributed by atoms with van der Waals surface area (Å²) in [6, 6.07) is 31.3. The molecule has 824 valence electrons. The highest BCUT2D eigenvalue weighted by Crippen LogP contribution is 2.24. The van der Waals surface area contributed by atoms with Crippen LogP contribution in [0, 0.1) is 69.5 Å². The second kappa shape index (κ2) is 112. The lowest BCUT2D eigenvalue weighted by Crippen LogP contribution is -2.26. The van der Waals surface area contributed by atoms with Gasteiger partial charge in [0.2, 0.25) is 0 Å². The van der Waals surface area contributed by atoms with E-state index < -0.39 is 22.8 Å². The van der Waals surface area contributed by atoms with Crippen molar-refractivity contribution in [3.05, 3.63) is 102 Å². The molecule has 12 unspecified atom stereocenters. The second-order valence-electron chi connectivity index (χ2n) is 33.5. The average molecular weight is 2000 g/mol. The van der Waals surface area contributed by atoms with Gasteiger partial charge in [0.05, 0.1) is 122 Å². The summed E-state index contributed by atoms with van der Waals surface area (Å²) in [7, 11) is 3.12. The zero-order valence-corrected chi connectivity index (χ0v) is 90.4. The molecular weight excluding hydrogens is 1800 g/mol. The Bertz CT molecular complexity index is 3300. The normalized spacial score (nSPS) is 13.3. The van der Waals surface area contributed by atoms with Crippen LogP contribution in [0.5, 0.6) is 5.75 Å². The lowest BCUT2D eigenvalue weighted by atomic mass is 9.91. The maximum Gasteiger partial charge on any atom is 0.338 e. The number of carbonyl (C=O) groups is 11. The third kappa shape index (κ3) is 105. The van der Waals surface area contributed by atoms with E-state index in [1.54, 1.807) is 46.9 Å². The predicted molar refractivity (Wildman–Crippen MR) is 566 cm³/mol. The van der Waals surface area contributed by atoms with Gasteiger partial charge in [-0.25, -0.2) is 4.79 Å². The van der Waals surface area contributed by atoms with E-state index in [1.807, 2.05) is 201 Å². The summed E-state index contributed by atoms with van der Waals surface area (Å²) in [4.78, 5) is 120. The van der Waals surface area contributed by atoms with Crippen molar-refractivity contribution in [2.75, 3.05) is 93.5 Å². The summed E-state index contributed by atoms with van der Waals surface area (Å²) in [6.07, 6.45) is 16.6. The van der Waals surface area contributed by atoms with Gasteiger partial charge < -0.3 is 82.4 Å². The zero-order valence-electron chi connectivity index (χ0n) is 90.4. The number of cyclic esters (lactones) is 2. The van der Waals surface area contributed by atoms with E-state index in [-0.39, 0.29) is 195 Å². The van der Waals surface area contributed by atoms with Crippen molar-refractivity contribution in [2.45, 2.75) is 384 Å². The number of ether oxygens (including phenoxy) is 12. The van der Waals surface area contributed by atoms with Gasteiger partial charge in [-0.3, -0.25) is 47.9 Å². The first-order valence-electron chi connectivity index (χ1n) is 49.1. The van der Waals surface area contributed by atoms with Crippen molar-refractivity contribution in [2.24, 2.45) is 58.2 Å². The molecule has 0 amide bonds. The molecule has 5 N–H and O–H groups in total. The summed E-state index contributed by atoms with van der Waals surface area (Å²) in [6.45, 7) is 61.8. The van der Waals surface area contributed by atoms with Crippen LogP contribution in [-0.2, 0) is 100 Å². The first kappa shape index (κ1) is 162. The molecule has 29 nitrogen and oxygen atoms in total. The Labute approximate surface area is 851 Å². The second-order valence-corrected chi connectivity index (χ2v) is 33.5. The Morgan fingerprint density at radius 3 is 1.00 bits per heavy atom. The van der Waals surface area contributed by atoms with E-state index >= 15 is 0 Å². The van der Waals surface area contributed by atoms with Crippen LogP contribution in [-0.4, -0.2) is 203 Å². The molecule has 0 aliphatic carbocycles. The van der Waals surface area contributed by atoms with Gasteiger partial charge in [-0.2, -0.15) is 5.26 Å². The molecule has 1 heterocycles. The highest BCUT2D eigenvalue weighted by molar-refractivity contribution is 5.96. The van der Waals surface area contributed by atoms with Crippen LogP contribution >= 0.6 is 0 Å². The maximum atomic E-state index is 11.4. The highest BCUT2D eigenvalue weighted by Gasteiger charge is 2.37.